The van der Waals surface area contributed by atoms with E-state index in [2.05, 4.69) is 9.97 Å². The van der Waals surface area contributed by atoms with E-state index in [0.29, 0.717) is 38.3 Å². The van der Waals surface area contributed by atoms with E-state index >= 15 is 0 Å². The SMILES string of the molecule is CCN(CCc1ccccn1)C(=O)c1csc(C2CCN(C(=O)Cc3ccc(F)cc3)CC2)n1. The van der Waals surface area contributed by atoms with Gasteiger partial charge in [0.15, 0.2) is 0 Å². The van der Waals surface area contributed by atoms with E-state index in [4.69, 9.17) is 0 Å². The van der Waals surface area contributed by atoms with Crippen LogP contribution in [0.1, 0.15) is 52.4 Å². The number of likely N-dealkylation sites (tertiary alicyclic amines) is 1. The number of carbonyl (C=O) groups excluding carboxylic acids is 2. The molecule has 4 rings (SSSR count). The van der Waals surface area contributed by atoms with E-state index in [9.17, 15) is 14.0 Å². The third-order valence-electron chi connectivity index (χ3n) is 6.24. The Balaban J connectivity index is 1.29. The van der Waals surface area contributed by atoms with Crippen LogP contribution in [-0.2, 0) is 17.6 Å². The summed E-state index contributed by atoms with van der Waals surface area (Å²) in [6.45, 7) is 4.53. The van der Waals surface area contributed by atoms with Crippen LogP contribution in [0.5, 0.6) is 0 Å². The molecule has 0 bridgehead atoms. The highest BCUT2D eigenvalue weighted by Crippen LogP contribution is 2.31. The summed E-state index contributed by atoms with van der Waals surface area (Å²) in [5.74, 6) is -0.0296. The molecule has 0 atom stereocenters. The number of benzene rings is 1. The van der Waals surface area contributed by atoms with Crippen LogP contribution in [0.2, 0.25) is 0 Å². The zero-order chi connectivity index (χ0) is 23.9. The molecule has 0 radical (unpaired) electrons. The molecule has 1 saturated heterocycles. The molecular formula is C26H29FN4O2S. The molecule has 8 heteroatoms. The molecular weight excluding hydrogens is 451 g/mol. The van der Waals surface area contributed by atoms with Gasteiger partial charge in [0.05, 0.1) is 11.4 Å². The highest BCUT2D eigenvalue weighted by atomic mass is 32.1. The largest absolute Gasteiger partial charge is 0.342 e. The van der Waals surface area contributed by atoms with Crippen LogP contribution in [0, 0.1) is 5.82 Å². The first-order chi connectivity index (χ1) is 16.5. The summed E-state index contributed by atoms with van der Waals surface area (Å²) in [7, 11) is 0. The molecule has 6 nitrogen and oxygen atoms in total. The molecule has 0 unspecified atom stereocenters. The summed E-state index contributed by atoms with van der Waals surface area (Å²) < 4.78 is 13.1. The number of amides is 2. The standard InChI is InChI=1S/C26H29FN4O2S/c1-2-30(16-12-22-5-3-4-13-28-22)26(33)23-18-34-25(29-23)20-10-14-31(15-11-20)24(32)17-19-6-8-21(27)9-7-19/h3-9,13,18,20H,2,10-12,14-17H2,1H3. The Morgan fingerprint density at radius 1 is 1.15 bits per heavy atom. The van der Waals surface area contributed by atoms with Crippen LogP contribution in [0.4, 0.5) is 4.39 Å². The predicted octanol–water partition coefficient (Wildman–Crippen LogP) is 4.33. The highest BCUT2D eigenvalue weighted by molar-refractivity contribution is 7.09. The molecule has 3 heterocycles. The van der Waals surface area contributed by atoms with E-state index < -0.39 is 0 Å². The van der Waals surface area contributed by atoms with Crippen molar-refractivity contribution in [3.8, 4) is 0 Å². The predicted molar refractivity (Wildman–Crippen MR) is 130 cm³/mol. The summed E-state index contributed by atoms with van der Waals surface area (Å²) in [4.78, 5) is 38.3. The molecule has 2 aromatic heterocycles. The number of hydrogen-bond acceptors (Lipinski definition) is 5. The Hall–Kier alpha value is -3.13. The van der Waals surface area contributed by atoms with Crippen LogP contribution >= 0.6 is 11.3 Å². The van der Waals surface area contributed by atoms with Gasteiger partial charge in [0, 0.05) is 55.8 Å². The van der Waals surface area contributed by atoms with Gasteiger partial charge >= 0.3 is 0 Å². The summed E-state index contributed by atoms with van der Waals surface area (Å²) in [6, 6.07) is 11.9. The van der Waals surface area contributed by atoms with Crippen molar-refractivity contribution in [1.29, 1.82) is 0 Å². The van der Waals surface area contributed by atoms with Crippen molar-refractivity contribution in [2.75, 3.05) is 26.2 Å². The molecule has 1 fully saturated rings. The van der Waals surface area contributed by atoms with Crippen molar-refractivity contribution in [1.82, 2.24) is 19.8 Å². The van der Waals surface area contributed by atoms with Crippen molar-refractivity contribution >= 4 is 23.2 Å². The first-order valence-corrected chi connectivity index (χ1v) is 12.6. The molecule has 0 saturated carbocycles. The van der Waals surface area contributed by atoms with Gasteiger partial charge in [0.1, 0.15) is 11.5 Å². The van der Waals surface area contributed by atoms with Crippen LogP contribution in [0.3, 0.4) is 0 Å². The van der Waals surface area contributed by atoms with Gasteiger partial charge in [-0.2, -0.15) is 0 Å². The average Bonchev–Trinajstić information content (AvgIpc) is 3.37. The Kier molecular flexibility index (Phi) is 8.00. The Morgan fingerprint density at radius 2 is 1.91 bits per heavy atom. The summed E-state index contributed by atoms with van der Waals surface area (Å²) in [5, 5.41) is 2.82. The molecule has 1 aliphatic rings. The van der Waals surface area contributed by atoms with Gasteiger partial charge in [-0.25, -0.2) is 9.37 Å². The fourth-order valence-corrected chi connectivity index (χ4v) is 5.16. The van der Waals surface area contributed by atoms with Crippen molar-refractivity contribution in [2.24, 2.45) is 0 Å². The maximum atomic E-state index is 13.1. The average molecular weight is 481 g/mol. The molecule has 34 heavy (non-hydrogen) atoms. The van der Waals surface area contributed by atoms with Gasteiger partial charge in [-0.3, -0.25) is 14.6 Å². The van der Waals surface area contributed by atoms with Crippen molar-refractivity contribution < 1.29 is 14.0 Å². The monoisotopic (exact) mass is 480 g/mol. The fourth-order valence-electron chi connectivity index (χ4n) is 4.20. The lowest BCUT2D eigenvalue weighted by atomic mass is 9.97. The second-order valence-electron chi connectivity index (χ2n) is 8.49. The molecule has 1 aromatic carbocycles. The quantitative estimate of drug-likeness (QED) is 0.481. The molecule has 3 aromatic rings. The van der Waals surface area contributed by atoms with E-state index in [-0.39, 0.29) is 30.0 Å². The Morgan fingerprint density at radius 3 is 2.59 bits per heavy atom. The van der Waals surface area contributed by atoms with E-state index in [1.165, 1.54) is 23.5 Å². The number of pyridine rings is 1. The minimum Gasteiger partial charge on any atom is -0.342 e. The number of hydrogen-bond donors (Lipinski definition) is 0. The zero-order valence-corrected chi connectivity index (χ0v) is 20.1. The third kappa shape index (κ3) is 6.05. The highest BCUT2D eigenvalue weighted by Gasteiger charge is 2.27. The number of thiazole rings is 1. The van der Waals surface area contributed by atoms with Gasteiger partial charge in [0.2, 0.25) is 5.91 Å². The Bertz CT molecular complexity index is 1100. The van der Waals surface area contributed by atoms with Gasteiger partial charge in [-0.1, -0.05) is 18.2 Å². The van der Waals surface area contributed by atoms with Gasteiger partial charge in [0.25, 0.3) is 5.91 Å². The lowest BCUT2D eigenvalue weighted by Crippen LogP contribution is -2.38. The molecule has 0 aliphatic carbocycles. The Labute approximate surface area is 203 Å². The molecule has 0 spiro atoms. The van der Waals surface area contributed by atoms with E-state index in [1.54, 1.807) is 18.3 Å². The third-order valence-corrected chi connectivity index (χ3v) is 7.25. The number of aromatic nitrogens is 2. The smallest absolute Gasteiger partial charge is 0.273 e. The first-order valence-electron chi connectivity index (χ1n) is 11.7. The second-order valence-corrected chi connectivity index (χ2v) is 9.37. The van der Waals surface area contributed by atoms with Crippen LogP contribution in [0.15, 0.2) is 54.0 Å². The minimum absolute atomic E-state index is 0.0483. The number of likely N-dealkylation sites (N-methyl/N-ethyl adjacent to an activating group) is 1. The zero-order valence-electron chi connectivity index (χ0n) is 19.3. The maximum absolute atomic E-state index is 13.1. The molecule has 178 valence electrons. The first kappa shape index (κ1) is 24.0. The number of piperidine rings is 1. The summed E-state index contributed by atoms with van der Waals surface area (Å²) in [5.41, 5.74) is 2.28. The van der Waals surface area contributed by atoms with Crippen molar-refractivity contribution in [3.05, 3.63) is 81.8 Å². The van der Waals surface area contributed by atoms with Gasteiger partial charge in [-0.05, 0) is 49.6 Å². The van der Waals surface area contributed by atoms with Crippen LogP contribution in [0.25, 0.3) is 0 Å². The van der Waals surface area contributed by atoms with Crippen molar-refractivity contribution in [2.45, 2.75) is 38.5 Å². The molecule has 1 aliphatic heterocycles. The number of carbonyl (C=O) groups is 2. The number of nitrogens with zero attached hydrogens (tertiary/aromatic N) is 4. The van der Waals surface area contributed by atoms with Crippen LogP contribution < -0.4 is 0 Å². The topological polar surface area (TPSA) is 66.4 Å². The normalized spacial score (nSPS) is 14.2. The molecule has 2 amide bonds. The lowest BCUT2D eigenvalue weighted by Gasteiger charge is -2.31. The van der Waals surface area contributed by atoms with Crippen molar-refractivity contribution in [3.63, 3.8) is 0 Å². The lowest BCUT2D eigenvalue weighted by molar-refractivity contribution is -0.131. The minimum atomic E-state index is -0.298. The summed E-state index contributed by atoms with van der Waals surface area (Å²) >= 11 is 1.53. The maximum Gasteiger partial charge on any atom is 0.273 e. The van der Waals surface area contributed by atoms with Crippen LogP contribution in [-0.4, -0.2) is 57.8 Å². The second kappa shape index (κ2) is 11.3. The van der Waals surface area contributed by atoms with E-state index in [1.807, 2.05) is 40.3 Å². The summed E-state index contributed by atoms with van der Waals surface area (Å²) in [6.07, 6.45) is 4.41. The number of rotatable bonds is 8. The number of halogens is 1. The molecule has 0 N–H and O–H groups in total. The fraction of sp³-hybridized carbons (Fsp3) is 0.385. The van der Waals surface area contributed by atoms with E-state index in [0.717, 1.165) is 29.1 Å². The van der Waals surface area contributed by atoms with Gasteiger partial charge < -0.3 is 9.80 Å². The van der Waals surface area contributed by atoms with Gasteiger partial charge in [-0.15, -0.1) is 11.3 Å².